The molecular weight excluding hydrogens is 355 g/mol. The predicted octanol–water partition coefficient (Wildman–Crippen LogP) is 2.98. The number of nitrogens with one attached hydrogen (secondary N) is 1. The standard InChI is InChI=1S/C19H27FN2O3S/c1-14-13-16(20)7-8-18(14)26(24,25)22-11-9-15(10-12-22)19(23)21-17-5-3-2-4-6-17/h7-8,13,15,17H,2-6,9-12H2,1H3,(H,21,23). The third kappa shape index (κ3) is 4.26. The minimum Gasteiger partial charge on any atom is -0.353 e. The van der Waals surface area contributed by atoms with Gasteiger partial charge in [0, 0.05) is 25.0 Å². The summed E-state index contributed by atoms with van der Waals surface area (Å²) in [6, 6.07) is 4.00. The lowest BCUT2D eigenvalue weighted by atomic mass is 9.93. The Morgan fingerprint density at radius 3 is 2.38 bits per heavy atom. The van der Waals surface area contributed by atoms with Crippen molar-refractivity contribution in [3.05, 3.63) is 29.6 Å². The number of nitrogens with zero attached hydrogens (tertiary/aromatic N) is 1. The number of benzene rings is 1. The third-order valence-electron chi connectivity index (χ3n) is 5.53. The molecule has 0 aromatic heterocycles. The molecule has 2 fully saturated rings. The summed E-state index contributed by atoms with van der Waals surface area (Å²) in [5.74, 6) is -0.510. The molecule has 1 aromatic rings. The highest BCUT2D eigenvalue weighted by Gasteiger charge is 2.33. The van der Waals surface area contributed by atoms with Crippen molar-refractivity contribution >= 4 is 15.9 Å². The van der Waals surface area contributed by atoms with Crippen molar-refractivity contribution in [2.45, 2.75) is 62.8 Å². The van der Waals surface area contributed by atoms with Crippen molar-refractivity contribution in [2.24, 2.45) is 5.92 Å². The first-order valence-electron chi connectivity index (χ1n) is 9.44. The summed E-state index contributed by atoms with van der Waals surface area (Å²) in [4.78, 5) is 12.6. The Morgan fingerprint density at radius 2 is 1.77 bits per heavy atom. The van der Waals surface area contributed by atoms with E-state index in [2.05, 4.69) is 5.32 Å². The Bertz CT molecular complexity index is 752. The zero-order valence-electron chi connectivity index (χ0n) is 15.2. The number of aryl methyl sites for hydroxylation is 1. The van der Waals surface area contributed by atoms with Gasteiger partial charge in [0.05, 0.1) is 4.90 Å². The van der Waals surface area contributed by atoms with Crippen LogP contribution in [0.1, 0.15) is 50.5 Å². The molecule has 1 amide bonds. The van der Waals surface area contributed by atoms with Gasteiger partial charge in [0.15, 0.2) is 0 Å². The molecule has 0 atom stereocenters. The van der Waals surface area contributed by atoms with Crippen LogP contribution in [0.25, 0.3) is 0 Å². The van der Waals surface area contributed by atoms with Crippen molar-refractivity contribution < 1.29 is 17.6 Å². The van der Waals surface area contributed by atoms with Crippen LogP contribution in [0, 0.1) is 18.7 Å². The van der Waals surface area contributed by atoms with Gasteiger partial charge < -0.3 is 5.32 Å². The molecule has 7 heteroatoms. The maximum absolute atomic E-state index is 13.3. The molecule has 1 saturated carbocycles. The molecule has 1 aromatic carbocycles. The Labute approximate surface area is 155 Å². The Morgan fingerprint density at radius 1 is 1.12 bits per heavy atom. The maximum atomic E-state index is 13.3. The lowest BCUT2D eigenvalue weighted by Crippen LogP contribution is -2.45. The number of amides is 1. The first kappa shape index (κ1) is 19.3. The lowest BCUT2D eigenvalue weighted by Gasteiger charge is -2.32. The summed E-state index contributed by atoms with van der Waals surface area (Å²) >= 11 is 0. The van der Waals surface area contributed by atoms with Gasteiger partial charge in [-0.15, -0.1) is 0 Å². The molecule has 144 valence electrons. The quantitative estimate of drug-likeness (QED) is 0.871. The second kappa shape index (κ2) is 8.05. The molecule has 26 heavy (non-hydrogen) atoms. The van der Waals surface area contributed by atoms with Crippen molar-refractivity contribution in [2.75, 3.05) is 13.1 Å². The first-order chi connectivity index (χ1) is 12.4. The second-order valence-corrected chi connectivity index (χ2v) is 9.34. The van der Waals surface area contributed by atoms with E-state index in [9.17, 15) is 17.6 Å². The Balaban J connectivity index is 1.59. The van der Waals surface area contributed by atoms with Crippen LogP contribution < -0.4 is 5.32 Å². The average Bonchev–Trinajstić information content (AvgIpc) is 2.62. The summed E-state index contributed by atoms with van der Waals surface area (Å²) in [7, 11) is -3.65. The SMILES string of the molecule is Cc1cc(F)ccc1S(=O)(=O)N1CCC(C(=O)NC2CCCCC2)CC1. The zero-order chi connectivity index (χ0) is 18.7. The molecule has 0 unspecified atom stereocenters. The largest absolute Gasteiger partial charge is 0.353 e. The van der Waals surface area contributed by atoms with Gasteiger partial charge in [-0.3, -0.25) is 4.79 Å². The molecule has 1 aliphatic carbocycles. The van der Waals surface area contributed by atoms with Crippen LogP contribution in [0.5, 0.6) is 0 Å². The molecule has 1 heterocycles. The van der Waals surface area contributed by atoms with E-state index in [0.717, 1.165) is 12.8 Å². The Kier molecular flexibility index (Phi) is 5.97. The van der Waals surface area contributed by atoms with Gasteiger partial charge in [-0.25, -0.2) is 12.8 Å². The fourth-order valence-electron chi connectivity index (χ4n) is 3.97. The number of halogens is 1. The minimum absolute atomic E-state index is 0.0620. The van der Waals surface area contributed by atoms with Gasteiger partial charge in [0.25, 0.3) is 0 Å². The fraction of sp³-hybridized carbons (Fsp3) is 0.632. The number of hydrogen-bond donors (Lipinski definition) is 1. The molecule has 1 N–H and O–H groups in total. The van der Waals surface area contributed by atoms with Crippen molar-refractivity contribution in [1.82, 2.24) is 9.62 Å². The molecule has 0 radical (unpaired) electrons. The van der Waals surface area contributed by atoms with Gasteiger partial charge >= 0.3 is 0 Å². The van der Waals surface area contributed by atoms with Crippen molar-refractivity contribution in [3.8, 4) is 0 Å². The fourth-order valence-corrected chi connectivity index (χ4v) is 5.64. The smallest absolute Gasteiger partial charge is 0.243 e. The van der Waals surface area contributed by atoms with Crippen molar-refractivity contribution in [1.29, 1.82) is 0 Å². The topological polar surface area (TPSA) is 66.5 Å². The predicted molar refractivity (Wildman–Crippen MR) is 97.6 cm³/mol. The minimum atomic E-state index is -3.65. The molecule has 5 nitrogen and oxygen atoms in total. The van der Waals surface area contributed by atoms with Crippen LogP contribution in [0.2, 0.25) is 0 Å². The highest BCUT2D eigenvalue weighted by Crippen LogP contribution is 2.27. The van der Waals surface area contributed by atoms with Crippen LogP contribution in [-0.2, 0) is 14.8 Å². The molecule has 3 rings (SSSR count). The summed E-state index contributed by atoms with van der Waals surface area (Å²) in [6.07, 6.45) is 6.71. The highest BCUT2D eigenvalue weighted by molar-refractivity contribution is 7.89. The molecule has 1 aliphatic heterocycles. The van der Waals surface area contributed by atoms with Crippen LogP contribution in [0.15, 0.2) is 23.1 Å². The third-order valence-corrected chi connectivity index (χ3v) is 7.59. The molecule has 1 saturated heterocycles. The number of carbonyl (C=O) groups is 1. The van der Waals surface area contributed by atoms with Crippen LogP contribution in [0.3, 0.4) is 0 Å². The van der Waals surface area contributed by atoms with E-state index in [0.29, 0.717) is 31.5 Å². The van der Waals surface area contributed by atoms with Crippen molar-refractivity contribution in [3.63, 3.8) is 0 Å². The molecule has 0 bridgehead atoms. The van der Waals surface area contributed by atoms with Gasteiger partial charge in [0.1, 0.15) is 5.82 Å². The molecule has 2 aliphatic rings. The average molecular weight is 383 g/mol. The first-order valence-corrected chi connectivity index (χ1v) is 10.9. The number of rotatable bonds is 4. The summed E-state index contributed by atoms with van der Waals surface area (Å²) in [5.41, 5.74) is 0.405. The number of sulfonamides is 1. The lowest BCUT2D eigenvalue weighted by molar-refractivity contribution is -0.127. The molecular formula is C19H27FN2O3S. The zero-order valence-corrected chi connectivity index (χ0v) is 16.0. The van der Waals surface area contributed by atoms with E-state index in [1.807, 2.05) is 0 Å². The van der Waals surface area contributed by atoms with E-state index in [1.54, 1.807) is 6.92 Å². The van der Waals surface area contributed by atoms with Crippen LogP contribution in [-0.4, -0.2) is 37.8 Å². The Hall–Kier alpha value is -1.47. The van der Waals surface area contributed by atoms with E-state index < -0.39 is 15.8 Å². The van der Waals surface area contributed by atoms with E-state index in [1.165, 1.54) is 41.8 Å². The number of carbonyl (C=O) groups excluding carboxylic acids is 1. The molecule has 0 spiro atoms. The van der Waals surface area contributed by atoms with E-state index >= 15 is 0 Å². The number of hydrogen-bond acceptors (Lipinski definition) is 3. The second-order valence-electron chi connectivity index (χ2n) is 7.43. The maximum Gasteiger partial charge on any atom is 0.243 e. The summed E-state index contributed by atoms with van der Waals surface area (Å²) < 4.78 is 40.3. The van der Waals surface area contributed by atoms with Gasteiger partial charge in [-0.1, -0.05) is 19.3 Å². The highest BCUT2D eigenvalue weighted by atomic mass is 32.2. The number of piperidine rings is 1. The van der Waals surface area contributed by atoms with E-state index in [-0.39, 0.29) is 22.8 Å². The van der Waals surface area contributed by atoms with Gasteiger partial charge in [-0.05, 0) is 56.4 Å². The van der Waals surface area contributed by atoms with Gasteiger partial charge in [-0.2, -0.15) is 4.31 Å². The van der Waals surface area contributed by atoms with E-state index in [4.69, 9.17) is 0 Å². The van der Waals surface area contributed by atoms with Gasteiger partial charge in [0.2, 0.25) is 15.9 Å². The summed E-state index contributed by atoms with van der Waals surface area (Å²) in [5, 5.41) is 3.14. The monoisotopic (exact) mass is 382 g/mol. The normalized spacial score (nSPS) is 20.8. The van der Waals surface area contributed by atoms with Crippen LogP contribution >= 0.6 is 0 Å². The summed E-state index contributed by atoms with van der Waals surface area (Å²) in [6.45, 7) is 2.24. The van der Waals surface area contributed by atoms with Crippen LogP contribution in [0.4, 0.5) is 4.39 Å².